The van der Waals surface area contributed by atoms with Crippen LogP contribution in [0.4, 0.5) is 0 Å². The molecule has 2 heterocycles. The van der Waals surface area contributed by atoms with Crippen molar-refractivity contribution in [2.45, 2.75) is 19.6 Å². The van der Waals surface area contributed by atoms with Crippen LogP contribution in [-0.2, 0) is 4.74 Å². The molecule has 3 rings (SSSR count). The number of esters is 1. The van der Waals surface area contributed by atoms with Crippen LogP contribution >= 0.6 is 0 Å². The van der Waals surface area contributed by atoms with Crippen molar-refractivity contribution in [3.8, 4) is 0 Å². The molecular weight excluding hydrogens is 258 g/mol. The van der Waals surface area contributed by atoms with E-state index in [4.69, 9.17) is 9.15 Å². The highest BCUT2D eigenvalue weighted by Crippen LogP contribution is 2.20. The van der Waals surface area contributed by atoms with Gasteiger partial charge in [0.25, 0.3) is 0 Å². The van der Waals surface area contributed by atoms with Crippen LogP contribution in [0.1, 0.15) is 30.1 Å². The minimum atomic E-state index is -0.514. The van der Waals surface area contributed by atoms with Gasteiger partial charge in [0.2, 0.25) is 5.76 Å². The number of hydrogen-bond acceptors (Lipinski definition) is 5. The van der Waals surface area contributed by atoms with E-state index in [1.54, 1.807) is 16.8 Å². The van der Waals surface area contributed by atoms with Crippen LogP contribution in [0.5, 0.6) is 0 Å². The molecule has 1 unspecified atom stereocenters. The molecule has 1 atom stereocenters. The predicted molar refractivity (Wildman–Crippen MR) is 71.0 cm³/mol. The molecule has 6 nitrogen and oxygen atoms in total. The number of carbonyl (C=O) groups excluding carboxylic acids is 1. The fourth-order valence-electron chi connectivity index (χ4n) is 1.98. The Morgan fingerprint density at radius 2 is 2.20 bits per heavy atom. The van der Waals surface area contributed by atoms with E-state index in [2.05, 4.69) is 10.3 Å². The molecule has 6 heteroatoms. The van der Waals surface area contributed by atoms with Crippen molar-refractivity contribution in [2.24, 2.45) is 0 Å². The Bertz CT molecular complexity index is 718. The quantitative estimate of drug-likeness (QED) is 0.682. The van der Waals surface area contributed by atoms with Gasteiger partial charge in [0.15, 0.2) is 6.23 Å². The first-order chi connectivity index (χ1) is 9.79. The van der Waals surface area contributed by atoms with Gasteiger partial charge in [0, 0.05) is 6.42 Å². The van der Waals surface area contributed by atoms with Gasteiger partial charge in [-0.15, -0.1) is 5.10 Å². The van der Waals surface area contributed by atoms with Gasteiger partial charge < -0.3 is 9.15 Å². The number of carbonyl (C=O) groups is 1. The summed E-state index contributed by atoms with van der Waals surface area (Å²) in [5, 5.41) is 8.12. The molecule has 0 bridgehead atoms. The molecule has 0 spiro atoms. The molecule has 0 amide bonds. The summed E-state index contributed by atoms with van der Waals surface area (Å²) in [5.41, 5.74) is 1.59. The number of ether oxygens (including phenoxy) is 1. The van der Waals surface area contributed by atoms with E-state index in [0.717, 1.165) is 11.0 Å². The summed E-state index contributed by atoms with van der Waals surface area (Å²) in [7, 11) is 0. The van der Waals surface area contributed by atoms with Crippen molar-refractivity contribution in [2.75, 3.05) is 0 Å². The maximum Gasteiger partial charge on any atom is 0.376 e. The molecular formula is C14H13N3O3. The predicted octanol–water partition coefficient (Wildman–Crippen LogP) is 2.79. The van der Waals surface area contributed by atoms with Gasteiger partial charge in [-0.3, -0.25) is 0 Å². The monoisotopic (exact) mass is 271 g/mol. The third-order valence-corrected chi connectivity index (χ3v) is 2.96. The number of para-hydroxylation sites is 1. The van der Waals surface area contributed by atoms with Crippen LogP contribution in [0, 0.1) is 0 Å². The zero-order valence-electron chi connectivity index (χ0n) is 10.9. The van der Waals surface area contributed by atoms with Crippen LogP contribution in [0.3, 0.4) is 0 Å². The summed E-state index contributed by atoms with van der Waals surface area (Å²) in [6, 6.07) is 10.7. The number of furan rings is 1. The van der Waals surface area contributed by atoms with Crippen molar-refractivity contribution >= 4 is 17.0 Å². The molecule has 20 heavy (non-hydrogen) atoms. The minimum Gasteiger partial charge on any atom is -0.457 e. The molecule has 0 fully saturated rings. The summed E-state index contributed by atoms with van der Waals surface area (Å²) in [5.74, 6) is -0.339. The Balaban J connectivity index is 1.88. The lowest BCUT2D eigenvalue weighted by molar-refractivity contribution is 0.00118. The van der Waals surface area contributed by atoms with Crippen molar-refractivity contribution < 1.29 is 13.9 Å². The summed E-state index contributed by atoms with van der Waals surface area (Å²) in [6.07, 6.45) is 1.50. The Labute approximate surface area is 114 Å². The van der Waals surface area contributed by atoms with E-state index >= 15 is 0 Å². The second-order valence-corrected chi connectivity index (χ2v) is 4.27. The zero-order valence-corrected chi connectivity index (χ0v) is 10.9. The third-order valence-electron chi connectivity index (χ3n) is 2.96. The van der Waals surface area contributed by atoms with Crippen molar-refractivity contribution in [1.82, 2.24) is 15.0 Å². The summed E-state index contributed by atoms with van der Waals surface area (Å²) in [6.45, 7) is 1.91. The Morgan fingerprint density at radius 3 is 2.95 bits per heavy atom. The topological polar surface area (TPSA) is 70.2 Å². The highest BCUT2D eigenvalue weighted by molar-refractivity contribution is 5.86. The fraction of sp³-hybridized carbons (Fsp3) is 0.214. The standard InChI is InChI=1S/C14H13N3O3/c1-2-13(20-14(18)12-8-5-9-19-12)17-11-7-4-3-6-10(11)15-16-17/h3-9,13H,2H2,1H3. The number of nitrogens with zero attached hydrogens (tertiary/aromatic N) is 3. The Morgan fingerprint density at radius 1 is 1.35 bits per heavy atom. The normalized spacial score (nSPS) is 12.4. The molecule has 0 saturated heterocycles. The van der Waals surface area contributed by atoms with Crippen molar-refractivity contribution in [3.05, 3.63) is 48.4 Å². The highest BCUT2D eigenvalue weighted by Gasteiger charge is 2.20. The molecule has 0 saturated carbocycles. The van der Waals surface area contributed by atoms with E-state index in [9.17, 15) is 4.79 Å². The maximum absolute atomic E-state index is 11.9. The molecule has 2 aromatic heterocycles. The largest absolute Gasteiger partial charge is 0.457 e. The number of aromatic nitrogens is 3. The Hall–Kier alpha value is -2.63. The van der Waals surface area contributed by atoms with Gasteiger partial charge in [0.1, 0.15) is 5.52 Å². The van der Waals surface area contributed by atoms with Gasteiger partial charge in [-0.1, -0.05) is 24.3 Å². The van der Waals surface area contributed by atoms with Crippen LogP contribution < -0.4 is 0 Å². The lowest BCUT2D eigenvalue weighted by Gasteiger charge is -2.15. The van der Waals surface area contributed by atoms with Crippen LogP contribution in [-0.4, -0.2) is 21.0 Å². The molecule has 0 radical (unpaired) electrons. The molecule has 1 aromatic carbocycles. The lowest BCUT2D eigenvalue weighted by Crippen LogP contribution is -2.17. The first kappa shape index (κ1) is 12.4. The average molecular weight is 271 g/mol. The number of hydrogen-bond donors (Lipinski definition) is 0. The maximum atomic E-state index is 11.9. The average Bonchev–Trinajstić information content (AvgIpc) is 3.14. The summed E-state index contributed by atoms with van der Waals surface area (Å²) >= 11 is 0. The van der Waals surface area contributed by atoms with Gasteiger partial charge in [-0.25, -0.2) is 9.48 Å². The minimum absolute atomic E-state index is 0.174. The van der Waals surface area contributed by atoms with E-state index in [-0.39, 0.29) is 5.76 Å². The van der Waals surface area contributed by atoms with Crippen LogP contribution in [0.15, 0.2) is 47.1 Å². The molecule has 102 valence electrons. The molecule has 0 aliphatic rings. The lowest BCUT2D eigenvalue weighted by atomic mass is 10.3. The van der Waals surface area contributed by atoms with Crippen LogP contribution in [0.25, 0.3) is 11.0 Å². The number of benzene rings is 1. The fourth-order valence-corrected chi connectivity index (χ4v) is 1.98. The molecule has 0 aliphatic heterocycles. The van der Waals surface area contributed by atoms with Gasteiger partial charge in [0.05, 0.1) is 11.8 Å². The molecule has 0 N–H and O–H groups in total. The number of rotatable bonds is 4. The van der Waals surface area contributed by atoms with E-state index in [1.165, 1.54) is 6.26 Å². The second kappa shape index (κ2) is 5.16. The van der Waals surface area contributed by atoms with Crippen molar-refractivity contribution in [3.63, 3.8) is 0 Å². The number of fused-ring (bicyclic) bond motifs is 1. The SMILES string of the molecule is CCC(OC(=O)c1ccco1)n1nnc2ccccc21. The smallest absolute Gasteiger partial charge is 0.376 e. The zero-order chi connectivity index (χ0) is 13.9. The Kier molecular flexibility index (Phi) is 3.20. The highest BCUT2D eigenvalue weighted by atomic mass is 16.6. The van der Waals surface area contributed by atoms with Crippen molar-refractivity contribution in [1.29, 1.82) is 0 Å². The summed E-state index contributed by atoms with van der Waals surface area (Å²) in [4.78, 5) is 11.9. The van der Waals surface area contributed by atoms with Gasteiger partial charge in [-0.05, 0) is 24.3 Å². The van der Waals surface area contributed by atoms with Gasteiger partial charge >= 0.3 is 5.97 Å². The second-order valence-electron chi connectivity index (χ2n) is 4.27. The third kappa shape index (κ3) is 2.16. The van der Waals surface area contributed by atoms with E-state index in [0.29, 0.717) is 6.42 Å². The first-order valence-electron chi connectivity index (χ1n) is 6.34. The summed E-state index contributed by atoms with van der Waals surface area (Å²) < 4.78 is 12.1. The molecule has 3 aromatic rings. The van der Waals surface area contributed by atoms with E-state index in [1.807, 2.05) is 31.2 Å². The molecule has 0 aliphatic carbocycles. The van der Waals surface area contributed by atoms with Crippen LogP contribution in [0.2, 0.25) is 0 Å². The first-order valence-corrected chi connectivity index (χ1v) is 6.34. The van der Waals surface area contributed by atoms with Gasteiger partial charge in [-0.2, -0.15) is 0 Å². The van der Waals surface area contributed by atoms with E-state index < -0.39 is 12.2 Å².